The zero-order chi connectivity index (χ0) is 14.5. The third-order valence-corrected chi connectivity index (χ3v) is 3.29. The number of hydrogen-bond donors (Lipinski definition) is 1. The lowest BCUT2D eigenvalue weighted by molar-refractivity contribution is 0.597. The van der Waals surface area contributed by atoms with Crippen molar-refractivity contribution < 1.29 is 4.39 Å². The lowest BCUT2D eigenvalue weighted by Crippen LogP contribution is -2.15. The molecule has 0 radical (unpaired) electrons. The van der Waals surface area contributed by atoms with E-state index >= 15 is 0 Å². The molecule has 3 nitrogen and oxygen atoms in total. The van der Waals surface area contributed by atoms with E-state index in [1.165, 1.54) is 17.3 Å². The zero-order valence-corrected chi connectivity index (χ0v) is 12.4. The summed E-state index contributed by atoms with van der Waals surface area (Å²) in [6.07, 6.45) is 1.91. The molecule has 1 aromatic carbocycles. The van der Waals surface area contributed by atoms with Crippen LogP contribution in [0.4, 0.5) is 4.39 Å². The van der Waals surface area contributed by atoms with Crippen molar-refractivity contribution in [2.24, 2.45) is 0 Å². The Morgan fingerprint density at radius 3 is 2.80 bits per heavy atom. The standard InChI is InChI=1S/C16H22FN3/c1-4-18-9-14-10-19-20(16(14)12(2)3)11-13-6-5-7-15(17)8-13/h5-8,10,12,18H,4,9,11H2,1-3H3. The van der Waals surface area contributed by atoms with E-state index in [9.17, 15) is 4.39 Å². The van der Waals surface area contributed by atoms with Crippen LogP contribution >= 0.6 is 0 Å². The Kier molecular flexibility index (Phi) is 4.90. The van der Waals surface area contributed by atoms with Gasteiger partial charge in [-0.05, 0) is 30.2 Å². The van der Waals surface area contributed by atoms with Gasteiger partial charge in [0, 0.05) is 17.8 Å². The summed E-state index contributed by atoms with van der Waals surface area (Å²) in [7, 11) is 0. The zero-order valence-electron chi connectivity index (χ0n) is 12.4. The summed E-state index contributed by atoms with van der Waals surface area (Å²) in [6.45, 7) is 8.78. The van der Waals surface area contributed by atoms with E-state index in [4.69, 9.17) is 0 Å². The molecule has 0 bridgehead atoms. The van der Waals surface area contributed by atoms with Crippen LogP contribution in [-0.4, -0.2) is 16.3 Å². The number of nitrogens with zero attached hydrogens (tertiary/aromatic N) is 2. The third-order valence-electron chi connectivity index (χ3n) is 3.29. The van der Waals surface area contributed by atoms with Crippen LogP contribution < -0.4 is 5.32 Å². The Hall–Kier alpha value is -1.68. The molecule has 0 unspecified atom stereocenters. The highest BCUT2D eigenvalue weighted by Crippen LogP contribution is 2.20. The Morgan fingerprint density at radius 2 is 2.15 bits per heavy atom. The first kappa shape index (κ1) is 14.7. The lowest BCUT2D eigenvalue weighted by Gasteiger charge is -2.13. The normalized spacial score (nSPS) is 11.2. The minimum atomic E-state index is -0.200. The van der Waals surface area contributed by atoms with Crippen molar-refractivity contribution in [1.29, 1.82) is 0 Å². The van der Waals surface area contributed by atoms with Gasteiger partial charge < -0.3 is 5.32 Å². The maximum Gasteiger partial charge on any atom is 0.123 e. The Balaban J connectivity index is 2.25. The fourth-order valence-electron chi connectivity index (χ4n) is 2.43. The van der Waals surface area contributed by atoms with Crippen molar-refractivity contribution in [3.8, 4) is 0 Å². The van der Waals surface area contributed by atoms with Gasteiger partial charge in [-0.2, -0.15) is 5.10 Å². The van der Waals surface area contributed by atoms with Crippen LogP contribution in [0.1, 0.15) is 43.5 Å². The van der Waals surface area contributed by atoms with Crippen molar-refractivity contribution in [2.75, 3.05) is 6.54 Å². The third kappa shape index (κ3) is 3.45. The summed E-state index contributed by atoms with van der Waals surface area (Å²) in [5.74, 6) is 0.188. The Labute approximate surface area is 119 Å². The number of hydrogen-bond acceptors (Lipinski definition) is 2. The van der Waals surface area contributed by atoms with Gasteiger partial charge in [-0.1, -0.05) is 32.9 Å². The van der Waals surface area contributed by atoms with Gasteiger partial charge >= 0.3 is 0 Å². The fourth-order valence-corrected chi connectivity index (χ4v) is 2.43. The fraction of sp³-hybridized carbons (Fsp3) is 0.438. The van der Waals surface area contributed by atoms with Gasteiger partial charge in [0.15, 0.2) is 0 Å². The van der Waals surface area contributed by atoms with E-state index in [1.807, 2.05) is 16.9 Å². The lowest BCUT2D eigenvalue weighted by atomic mass is 10.1. The molecule has 0 fully saturated rings. The van der Waals surface area contributed by atoms with Crippen LogP contribution in [-0.2, 0) is 13.1 Å². The number of rotatable bonds is 6. The highest BCUT2D eigenvalue weighted by atomic mass is 19.1. The van der Waals surface area contributed by atoms with E-state index in [1.54, 1.807) is 12.1 Å². The topological polar surface area (TPSA) is 29.9 Å². The van der Waals surface area contributed by atoms with E-state index in [2.05, 4.69) is 31.2 Å². The molecule has 2 aromatic rings. The molecule has 0 aliphatic rings. The average Bonchev–Trinajstić information content (AvgIpc) is 2.79. The second-order valence-electron chi connectivity index (χ2n) is 5.28. The van der Waals surface area contributed by atoms with Crippen LogP contribution in [0.2, 0.25) is 0 Å². The second kappa shape index (κ2) is 6.66. The van der Waals surface area contributed by atoms with E-state index in [0.717, 1.165) is 18.7 Å². The molecular formula is C16H22FN3. The maximum atomic E-state index is 13.3. The summed E-state index contributed by atoms with van der Waals surface area (Å²) in [5, 5.41) is 7.80. The molecule has 0 amide bonds. The molecule has 1 N–H and O–H groups in total. The van der Waals surface area contributed by atoms with Gasteiger partial charge in [-0.15, -0.1) is 0 Å². The van der Waals surface area contributed by atoms with Gasteiger partial charge in [-0.25, -0.2) is 4.39 Å². The van der Waals surface area contributed by atoms with E-state index < -0.39 is 0 Å². The number of aromatic nitrogens is 2. The summed E-state index contributed by atoms with van der Waals surface area (Å²) in [6, 6.07) is 6.70. The first-order chi connectivity index (χ1) is 9.61. The van der Waals surface area contributed by atoms with Crippen LogP contribution in [0.25, 0.3) is 0 Å². The first-order valence-electron chi connectivity index (χ1n) is 7.11. The minimum absolute atomic E-state index is 0.200. The van der Waals surface area contributed by atoms with Crippen LogP contribution in [0, 0.1) is 5.82 Å². The summed E-state index contributed by atoms with van der Waals surface area (Å²) in [5.41, 5.74) is 3.37. The molecule has 2 rings (SSSR count). The van der Waals surface area contributed by atoms with Gasteiger partial charge in [0.05, 0.1) is 12.7 Å². The smallest absolute Gasteiger partial charge is 0.123 e. The van der Waals surface area contributed by atoms with Gasteiger partial charge in [0.1, 0.15) is 5.82 Å². The quantitative estimate of drug-likeness (QED) is 0.876. The second-order valence-corrected chi connectivity index (χ2v) is 5.28. The van der Waals surface area contributed by atoms with Gasteiger partial charge in [0.2, 0.25) is 0 Å². The summed E-state index contributed by atoms with van der Waals surface area (Å²) < 4.78 is 15.2. The van der Waals surface area contributed by atoms with E-state index in [-0.39, 0.29) is 5.82 Å². The molecule has 1 heterocycles. The van der Waals surface area contributed by atoms with Crippen molar-refractivity contribution in [3.63, 3.8) is 0 Å². The average molecular weight is 275 g/mol. The highest BCUT2D eigenvalue weighted by Gasteiger charge is 2.14. The van der Waals surface area contributed by atoms with Crippen molar-refractivity contribution in [1.82, 2.24) is 15.1 Å². The van der Waals surface area contributed by atoms with Crippen LogP contribution in [0.15, 0.2) is 30.5 Å². The largest absolute Gasteiger partial charge is 0.313 e. The number of nitrogens with one attached hydrogen (secondary N) is 1. The Bertz CT molecular complexity index is 561. The molecule has 0 aliphatic heterocycles. The summed E-state index contributed by atoms with van der Waals surface area (Å²) in [4.78, 5) is 0. The summed E-state index contributed by atoms with van der Waals surface area (Å²) >= 11 is 0. The molecular weight excluding hydrogens is 253 g/mol. The SMILES string of the molecule is CCNCc1cnn(Cc2cccc(F)c2)c1C(C)C. The van der Waals surface area contributed by atoms with Crippen LogP contribution in [0.3, 0.4) is 0 Å². The molecule has 4 heteroatoms. The van der Waals surface area contributed by atoms with Crippen LogP contribution in [0.5, 0.6) is 0 Å². The molecule has 0 saturated carbocycles. The van der Waals surface area contributed by atoms with Crippen molar-refractivity contribution in [3.05, 3.63) is 53.1 Å². The number of halogens is 1. The number of benzene rings is 1. The van der Waals surface area contributed by atoms with E-state index in [0.29, 0.717) is 12.5 Å². The molecule has 1 aromatic heterocycles. The molecule has 20 heavy (non-hydrogen) atoms. The maximum absolute atomic E-state index is 13.3. The minimum Gasteiger partial charge on any atom is -0.313 e. The molecule has 0 saturated heterocycles. The highest BCUT2D eigenvalue weighted by molar-refractivity contribution is 5.23. The monoisotopic (exact) mass is 275 g/mol. The predicted molar refractivity (Wildman–Crippen MR) is 79.2 cm³/mol. The molecule has 0 aliphatic carbocycles. The molecule has 108 valence electrons. The van der Waals surface area contributed by atoms with Crippen molar-refractivity contribution in [2.45, 2.75) is 39.8 Å². The van der Waals surface area contributed by atoms with Crippen molar-refractivity contribution >= 4 is 0 Å². The first-order valence-corrected chi connectivity index (χ1v) is 7.11. The van der Waals surface area contributed by atoms with Gasteiger partial charge in [0.25, 0.3) is 0 Å². The Morgan fingerprint density at radius 1 is 1.35 bits per heavy atom. The molecule has 0 spiro atoms. The molecule has 0 atom stereocenters. The predicted octanol–water partition coefficient (Wildman–Crippen LogP) is 3.30. The van der Waals surface area contributed by atoms with Gasteiger partial charge in [-0.3, -0.25) is 4.68 Å².